The first-order valence-electron chi connectivity index (χ1n) is 5.71. The Morgan fingerprint density at radius 1 is 1.53 bits per heavy atom. The number of nitriles is 1. The van der Waals surface area contributed by atoms with Crippen LogP contribution in [0.1, 0.15) is 18.4 Å². The van der Waals surface area contributed by atoms with Crippen LogP contribution in [0.5, 0.6) is 0 Å². The maximum Gasteiger partial charge on any atom is 0.228 e. The molecule has 0 atom stereocenters. The highest BCUT2D eigenvalue weighted by Crippen LogP contribution is 2.27. The van der Waals surface area contributed by atoms with Crippen molar-refractivity contribution in [2.75, 3.05) is 23.8 Å². The lowest BCUT2D eigenvalue weighted by Gasteiger charge is -2.19. The minimum atomic E-state index is 0.0595. The Kier molecular flexibility index (Phi) is 3.29. The summed E-state index contributed by atoms with van der Waals surface area (Å²) in [5.41, 5.74) is 3.07. The molecule has 0 spiro atoms. The van der Waals surface area contributed by atoms with E-state index < -0.39 is 0 Å². The molecule has 0 saturated heterocycles. The number of fused-ring (bicyclic) bond motifs is 1. The lowest BCUT2D eigenvalue weighted by Crippen LogP contribution is -2.18. The number of carbonyl (C=O) groups is 1. The van der Waals surface area contributed by atoms with Gasteiger partial charge in [-0.2, -0.15) is 5.26 Å². The van der Waals surface area contributed by atoms with E-state index in [1.165, 1.54) is 0 Å². The largest absolute Gasteiger partial charge is 0.375 e. The van der Waals surface area contributed by atoms with E-state index in [2.05, 4.69) is 16.3 Å². The van der Waals surface area contributed by atoms with Crippen LogP contribution in [0, 0.1) is 11.3 Å². The predicted octanol–water partition coefficient (Wildman–Crippen LogP) is 1.92. The fraction of sp³-hybridized carbons (Fsp3) is 0.385. The van der Waals surface area contributed by atoms with Crippen molar-refractivity contribution in [2.45, 2.75) is 19.3 Å². The highest BCUT2D eigenvalue weighted by molar-refractivity contribution is 5.99. The van der Waals surface area contributed by atoms with E-state index in [0.717, 1.165) is 29.9 Å². The van der Waals surface area contributed by atoms with Gasteiger partial charge in [0.2, 0.25) is 5.91 Å². The summed E-state index contributed by atoms with van der Waals surface area (Å²) in [6.45, 7) is 0.855. The number of anilines is 2. The monoisotopic (exact) mass is 229 g/mol. The molecule has 4 nitrogen and oxygen atoms in total. The molecule has 1 heterocycles. The maximum atomic E-state index is 11.2. The van der Waals surface area contributed by atoms with E-state index in [0.29, 0.717) is 12.8 Å². The molecule has 2 rings (SSSR count). The van der Waals surface area contributed by atoms with Gasteiger partial charge in [0.25, 0.3) is 0 Å². The zero-order chi connectivity index (χ0) is 12.3. The van der Waals surface area contributed by atoms with Gasteiger partial charge in [-0.25, -0.2) is 0 Å². The molecule has 0 radical (unpaired) electrons. The molecule has 0 unspecified atom stereocenters. The molecular weight excluding hydrogens is 214 g/mol. The highest BCUT2D eigenvalue weighted by atomic mass is 16.1. The molecule has 0 fully saturated rings. The molecule has 88 valence electrons. The van der Waals surface area contributed by atoms with Gasteiger partial charge in [-0.05, 0) is 30.2 Å². The Bertz CT molecular complexity index is 476. The summed E-state index contributed by atoms with van der Waals surface area (Å²) in [6, 6.07) is 8.12. The minimum absolute atomic E-state index is 0.0595. The lowest BCUT2D eigenvalue weighted by molar-refractivity contribution is -0.115. The average Bonchev–Trinajstić information content (AvgIpc) is 2.68. The van der Waals surface area contributed by atoms with Crippen LogP contribution in [0.25, 0.3) is 0 Å². The van der Waals surface area contributed by atoms with Crippen molar-refractivity contribution in [3.63, 3.8) is 0 Å². The Hall–Kier alpha value is -2.02. The predicted molar refractivity (Wildman–Crippen MR) is 66.9 cm³/mol. The molecule has 0 aliphatic carbocycles. The van der Waals surface area contributed by atoms with E-state index in [-0.39, 0.29) is 5.91 Å². The van der Waals surface area contributed by atoms with E-state index in [4.69, 9.17) is 5.26 Å². The summed E-state index contributed by atoms with van der Waals surface area (Å²) in [5, 5.41) is 11.3. The number of nitrogens with zero attached hydrogens (tertiary/aromatic N) is 2. The third-order valence-electron chi connectivity index (χ3n) is 2.94. The number of amides is 1. The number of rotatable bonds is 4. The molecule has 1 aliphatic heterocycles. The van der Waals surface area contributed by atoms with Crippen LogP contribution in [0.3, 0.4) is 0 Å². The first-order chi connectivity index (χ1) is 8.20. The maximum absolute atomic E-state index is 11.2. The molecule has 1 aliphatic rings. The standard InChI is InChI=1S/C13H15N3O/c1-16(7-3-2-6-14)11-4-5-12-10(8-11)9-13(17)15-12/h4-5,8H,2-3,7,9H2,1H3,(H,15,17). The first kappa shape index (κ1) is 11.5. The molecular formula is C13H15N3O. The van der Waals surface area contributed by atoms with Crippen molar-refractivity contribution >= 4 is 17.3 Å². The summed E-state index contributed by atoms with van der Waals surface area (Å²) in [5.74, 6) is 0.0595. The fourth-order valence-corrected chi connectivity index (χ4v) is 1.98. The van der Waals surface area contributed by atoms with Crippen molar-refractivity contribution in [2.24, 2.45) is 0 Å². The summed E-state index contributed by atoms with van der Waals surface area (Å²) >= 11 is 0. The van der Waals surface area contributed by atoms with Crippen LogP contribution in [-0.2, 0) is 11.2 Å². The van der Waals surface area contributed by atoms with Crippen molar-refractivity contribution in [3.05, 3.63) is 23.8 Å². The molecule has 0 aromatic heterocycles. The quantitative estimate of drug-likeness (QED) is 0.802. The summed E-state index contributed by atoms with van der Waals surface area (Å²) in [7, 11) is 2.00. The Morgan fingerprint density at radius 2 is 2.35 bits per heavy atom. The first-order valence-corrected chi connectivity index (χ1v) is 5.71. The Balaban J connectivity index is 2.05. The van der Waals surface area contributed by atoms with Gasteiger partial charge in [0.15, 0.2) is 0 Å². The number of benzene rings is 1. The third-order valence-corrected chi connectivity index (χ3v) is 2.94. The molecule has 4 heteroatoms. The van der Waals surface area contributed by atoms with Gasteiger partial charge in [0, 0.05) is 31.4 Å². The molecule has 0 saturated carbocycles. The fourth-order valence-electron chi connectivity index (χ4n) is 1.98. The van der Waals surface area contributed by atoms with Gasteiger partial charge in [-0.1, -0.05) is 0 Å². The van der Waals surface area contributed by atoms with Crippen LogP contribution in [0.2, 0.25) is 0 Å². The number of carbonyl (C=O) groups excluding carboxylic acids is 1. The number of nitrogens with one attached hydrogen (secondary N) is 1. The molecule has 1 N–H and O–H groups in total. The van der Waals surface area contributed by atoms with Crippen molar-refractivity contribution in [1.29, 1.82) is 5.26 Å². The smallest absolute Gasteiger partial charge is 0.228 e. The second-order valence-electron chi connectivity index (χ2n) is 4.25. The van der Waals surface area contributed by atoms with Crippen LogP contribution in [0.4, 0.5) is 11.4 Å². The van der Waals surface area contributed by atoms with E-state index >= 15 is 0 Å². The summed E-state index contributed by atoms with van der Waals surface area (Å²) in [6.07, 6.45) is 1.91. The van der Waals surface area contributed by atoms with Gasteiger partial charge in [-0.3, -0.25) is 4.79 Å². The molecule has 1 amide bonds. The van der Waals surface area contributed by atoms with Crippen LogP contribution in [-0.4, -0.2) is 19.5 Å². The lowest BCUT2D eigenvalue weighted by atomic mass is 10.1. The van der Waals surface area contributed by atoms with Crippen LogP contribution >= 0.6 is 0 Å². The van der Waals surface area contributed by atoms with Gasteiger partial charge in [-0.15, -0.1) is 0 Å². The van der Waals surface area contributed by atoms with Gasteiger partial charge in [0.05, 0.1) is 12.5 Å². The van der Waals surface area contributed by atoms with Crippen molar-refractivity contribution in [1.82, 2.24) is 0 Å². The Morgan fingerprint density at radius 3 is 3.12 bits per heavy atom. The summed E-state index contributed by atoms with van der Waals surface area (Å²) in [4.78, 5) is 13.3. The molecule has 0 bridgehead atoms. The average molecular weight is 229 g/mol. The highest BCUT2D eigenvalue weighted by Gasteiger charge is 2.17. The van der Waals surface area contributed by atoms with Crippen molar-refractivity contribution in [3.8, 4) is 6.07 Å². The minimum Gasteiger partial charge on any atom is -0.375 e. The molecule has 17 heavy (non-hydrogen) atoms. The second-order valence-corrected chi connectivity index (χ2v) is 4.25. The van der Waals surface area contributed by atoms with Crippen molar-refractivity contribution < 1.29 is 4.79 Å². The normalized spacial score (nSPS) is 12.8. The van der Waals surface area contributed by atoms with E-state index in [9.17, 15) is 4.79 Å². The number of hydrogen-bond acceptors (Lipinski definition) is 3. The van der Waals surface area contributed by atoms with E-state index in [1.54, 1.807) is 0 Å². The number of hydrogen-bond donors (Lipinski definition) is 1. The van der Waals surface area contributed by atoms with Gasteiger partial charge >= 0.3 is 0 Å². The summed E-state index contributed by atoms with van der Waals surface area (Å²) < 4.78 is 0. The Labute approximate surface area is 101 Å². The zero-order valence-electron chi connectivity index (χ0n) is 9.86. The number of unbranched alkanes of at least 4 members (excludes halogenated alkanes) is 1. The SMILES string of the molecule is CN(CCCC#N)c1ccc2c(c1)CC(=O)N2. The second kappa shape index (κ2) is 4.88. The van der Waals surface area contributed by atoms with Crippen LogP contribution < -0.4 is 10.2 Å². The van der Waals surface area contributed by atoms with Crippen LogP contribution in [0.15, 0.2) is 18.2 Å². The van der Waals surface area contributed by atoms with Gasteiger partial charge < -0.3 is 10.2 Å². The molecule has 1 aromatic carbocycles. The topological polar surface area (TPSA) is 56.1 Å². The van der Waals surface area contributed by atoms with E-state index in [1.807, 2.05) is 25.2 Å². The molecule has 1 aromatic rings. The third kappa shape index (κ3) is 2.56. The van der Waals surface area contributed by atoms with Gasteiger partial charge in [0.1, 0.15) is 0 Å². The zero-order valence-corrected chi connectivity index (χ0v) is 9.86.